The zero-order chi connectivity index (χ0) is 18.4. The summed E-state index contributed by atoms with van der Waals surface area (Å²) >= 11 is 0. The maximum absolute atomic E-state index is 4.39. The van der Waals surface area contributed by atoms with Gasteiger partial charge in [0.1, 0.15) is 0 Å². The number of nitrogens with zero attached hydrogens (tertiary/aromatic N) is 4. The molecule has 1 saturated heterocycles. The summed E-state index contributed by atoms with van der Waals surface area (Å²) in [6, 6.07) is 6.22. The van der Waals surface area contributed by atoms with Gasteiger partial charge >= 0.3 is 0 Å². The van der Waals surface area contributed by atoms with Crippen molar-refractivity contribution < 1.29 is 1.43 Å². The number of rotatable bonds is 6. The van der Waals surface area contributed by atoms with Crippen molar-refractivity contribution in [1.82, 2.24) is 25.1 Å². The lowest BCUT2D eigenvalue weighted by Gasteiger charge is -2.36. The van der Waals surface area contributed by atoms with E-state index in [0.29, 0.717) is 0 Å². The van der Waals surface area contributed by atoms with Gasteiger partial charge in [-0.25, -0.2) is 0 Å². The highest BCUT2D eigenvalue weighted by atomic mass is 15.3. The van der Waals surface area contributed by atoms with Crippen molar-refractivity contribution in [1.29, 1.82) is 0 Å². The molecule has 0 radical (unpaired) electrons. The van der Waals surface area contributed by atoms with Gasteiger partial charge in [-0.05, 0) is 37.7 Å². The number of likely N-dealkylation sites (N-methyl/N-ethyl adjacent to an activating group) is 1. The molecule has 1 fully saturated rings. The molecule has 1 N–H and O–H groups in total. The van der Waals surface area contributed by atoms with Gasteiger partial charge in [0.2, 0.25) is 0 Å². The Hall–Kier alpha value is -2.66. The van der Waals surface area contributed by atoms with Crippen LogP contribution >= 0.6 is 0 Å². The first kappa shape index (κ1) is 18.1. The molecule has 0 spiro atoms. The number of nitrogens with one attached hydrogen (secondary N) is 1. The Morgan fingerprint density at radius 2 is 1.92 bits per heavy atom. The molecule has 2 aromatic rings. The third-order valence-electron chi connectivity index (χ3n) is 4.70. The van der Waals surface area contributed by atoms with Gasteiger partial charge in [-0.1, -0.05) is 24.8 Å². The number of aromatic nitrogens is 2. The van der Waals surface area contributed by atoms with Crippen molar-refractivity contribution in [3.8, 4) is 0 Å². The van der Waals surface area contributed by atoms with Crippen LogP contribution in [-0.4, -0.2) is 53.0 Å². The Morgan fingerprint density at radius 1 is 1.19 bits per heavy atom. The average molecular weight is 351 g/mol. The minimum absolute atomic E-state index is 0. The van der Waals surface area contributed by atoms with E-state index >= 15 is 0 Å². The predicted molar refractivity (Wildman–Crippen MR) is 110 cm³/mol. The van der Waals surface area contributed by atoms with Crippen LogP contribution in [0.4, 0.5) is 0 Å². The Balaban J connectivity index is 0.00000261. The van der Waals surface area contributed by atoms with E-state index in [0.717, 1.165) is 49.5 Å². The maximum atomic E-state index is 4.39. The first-order chi connectivity index (χ1) is 12.7. The maximum Gasteiger partial charge on any atom is 0.0890 e. The summed E-state index contributed by atoms with van der Waals surface area (Å²) in [5.41, 5.74) is 5.38. The highest BCUT2D eigenvalue weighted by Gasteiger charge is 2.18. The highest BCUT2D eigenvalue weighted by molar-refractivity contribution is 5.74. The molecule has 1 aliphatic rings. The van der Waals surface area contributed by atoms with E-state index in [1.165, 1.54) is 11.3 Å². The van der Waals surface area contributed by atoms with Crippen LogP contribution in [0, 0.1) is 0 Å². The van der Waals surface area contributed by atoms with Crippen LogP contribution < -0.4 is 5.32 Å². The normalized spacial score (nSPS) is 16.8. The first-order valence-electron chi connectivity index (χ1n) is 9.07. The second kappa shape index (κ2) is 8.63. The second-order valence-electron chi connectivity index (χ2n) is 6.51. The van der Waals surface area contributed by atoms with Crippen LogP contribution in [0.1, 0.15) is 13.9 Å². The van der Waals surface area contributed by atoms with Gasteiger partial charge in [-0.15, -0.1) is 0 Å². The van der Waals surface area contributed by atoms with Crippen LogP contribution in [0.25, 0.3) is 11.0 Å². The molecule has 0 bridgehead atoms. The Morgan fingerprint density at radius 3 is 2.62 bits per heavy atom. The first-order valence-corrected chi connectivity index (χ1v) is 9.07. The van der Waals surface area contributed by atoms with E-state index in [4.69, 9.17) is 0 Å². The van der Waals surface area contributed by atoms with Crippen molar-refractivity contribution in [2.75, 3.05) is 33.2 Å². The van der Waals surface area contributed by atoms with Crippen molar-refractivity contribution in [3.05, 3.63) is 72.4 Å². The van der Waals surface area contributed by atoms with Gasteiger partial charge in [0.15, 0.2) is 0 Å². The van der Waals surface area contributed by atoms with Gasteiger partial charge in [0, 0.05) is 46.5 Å². The third-order valence-corrected chi connectivity index (χ3v) is 4.70. The molecular weight excluding hydrogens is 322 g/mol. The molecule has 1 aliphatic heterocycles. The minimum atomic E-state index is 0. The number of fused-ring (bicyclic) bond motifs is 1. The molecule has 1 aromatic heterocycles. The molecule has 5 nitrogen and oxygen atoms in total. The lowest BCUT2D eigenvalue weighted by Crippen LogP contribution is -2.44. The van der Waals surface area contributed by atoms with Gasteiger partial charge < -0.3 is 15.1 Å². The zero-order valence-corrected chi connectivity index (χ0v) is 15.7. The van der Waals surface area contributed by atoms with Gasteiger partial charge in [0.05, 0.1) is 22.4 Å². The number of allylic oxidation sites excluding steroid dienone is 3. The SMILES string of the molecule is C=C/C=C(\C(=C/C)NCc1ccc2nccnc2c1)N1CCN(C)CC1.[HH]. The Labute approximate surface area is 157 Å². The summed E-state index contributed by atoms with van der Waals surface area (Å²) in [5.74, 6) is 0. The standard InChI is InChI=1S/C21H27N5.H2/c1-4-6-21(26-13-11-25(3)12-14-26)18(5-2)24-16-17-7-8-19-20(15-17)23-10-9-22-19;/h4-10,15,24H,1,11-14,16H2,2-3H3;1H/b18-5+,21-6+;. The fraction of sp³-hybridized carbons (Fsp3) is 0.333. The monoisotopic (exact) mass is 351 g/mol. The van der Waals surface area contributed by atoms with Gasteiger partial charge in [-0.2, -0.15) is 0 Å². The van der Waals surface area contributed by atoms with E-state index in [1.807, 2.05) is 12.1 Å². The Bertz CT molecular complexity index is 822. The fourth-order valence-electron chi connectivity index (χ4n) is 3.18. The van der Waals surface area contributed by atoms with Crippen LogP contribution in [0.3, 0.4) is 0 Å². The number of piperazine rings is 1. The van der Waals surface area contributed by atoms with Gasteiger partial charge in [-0.3, -0.25) is 9.97 Å². The summed E-state index contributed by atoms with van der Waals surface area (Å²) < 4.78 is 0. The number of benzene rings is 1. The summed E-state index contributed by atoms with van der Waals surface area (Å²) in [5, 5.41) is 3.59. The molecule has 138 valence electrons. The predicted octanol–water partition coefficient (Wildman–Crippen LogP) is 3.19. The quantitative estimate of drug-likeness (QED) is 0.810. The second-order valence-corrected chi connectivity index (χ2v) is 6.51. The molecule has 0 aliphatic carbocycles. The lowest BCUT2D eigenvalue weighted by molar-refractivity contribution is 0.187. The van der Waals surface area contributed by atoms with Crippen LogP contribution in [-0.2, 0) is 6.54 Å². The Kier molecular flexibility index (Phi) is 6.02. The van der Waals surface area contributed by atoms with E-state index in [2.05, 4.69) is 69.9 Å². The highest BCUT2D eigenvalue weighted by Crippen LogP contribution is 2.17. The van der Waals surface area contributed by atoms with Crippen molar-refractivity contribution >= 4 is 11.0 Å². The zero-order valence-electron chi connectivity index (χ0n) is 15.7. The lowest BCUT2D eigenvalue weighted by atomic mass is 10.1. The molecule has 2 heterocycles. The van der Waals surface area contributed by atoms with Gasteiger partial charge in [0.25, 0.3) is 0 Å². The number of hydrogen-bond acceptors (Lipinski definition) is 5. The topological polar surface area (TPSA) is 44.3 Å². The summed E-state index contributed by atoms with van der Waals surface area (Å²) in [6.07, 6.45) is 9.55. The van der Waals surface area contributed by atoms with E-state index in [1.54, 1.807) is 12.4 Å². The van der Waals surface area contributed by atoms with Crippen LogP contribution in [0.2, 0.25) is 0 Å². The summed E-state index contributed by atoms with van der Waals surface area (Å²) in [6.45, 7) is 10.9. The van der Waals surface area contributed by atoms with E-state index in [-0.39, 0.29) is 1.43 Å². The molecule has 1 aromatic carbocycles. The summed E-state index contributed by atoms with van der Waals surface area (Å²) in [4.78, 5) is 13.5. The largest absolute Gasteiger partial charge is 0.380 e. The number of hydrogen-bond donors (Lipinski definition) is 1. The molecule has 0 unspecified atom stereocenters. The molecule has 3 rings (SSSR count). The van der Waals surface area contributed by atoms with Crippen molar-refractivity contribution in [3.63, 3.8) is 0 Å². The third kappa shape index (κ3) is 4.29. The van der Waals surface area contributed by atoms with Crippen molar-refractivity contribution in [2.24, 2.45) is 0 Å². The van der Waals surface area contributed by atoms with Crippen LogP contribution in [0.15, 0.2) is 66.8 Å². The molecule has 0 saturated carbocycles. The molecular formula is C21H29N5. The smallest absolute Gasteiger partial charge is 0.0890 e. The molecule has 0 amide bonds. The van der Waals surface area contributed by atoms with Crippen LogP contribution in [0.5, 0.6) is 0 Å². The fourth-order valence-corrected chi connectivity index (χ4v) is 3.18. The average Bonchev–Trinajstić information content (AvgIpc) is 2.68. The summed E-state index contributed by atoms with van der Waals surface area (Å²) in [7, 11) is 2.17. The minimum Gasteiger partial charge on any atom is -0.380 e. The van der Waals surface area contributed by atoms with E-state index in [9.17, 15) is 0 Å². The molecule has 5 heteroatoms. The van der Waals surface area contributed by atoms with E-state index < -0.39 is 0 Å². The molecule has 0 atom stereocenters. The van der Waals surface area contributed by atoms with Crippen molar-refractivity contribution in [2.45, 2.75) is 13.5 Å². The molecule has 26 heavy (non-hydrogen) atoms.